The number of amides is 3. The lowest BCUT2D eigenvalue weighted by molar-refractivity contribution is -0.121. The summed E-state index contributed by atoms with van der Waals surface area (Å²) in [4.78, 5) is 34.7. The molecule has 1 fully saturated rings. The van der Waals surface area contributed by atoms with E-state index in [0.29, 0.717) is 62.1 Å². The molecule has 1 aromatic carbocycles. The lowest BCUT2D eigenvalue weighted by atomic mass is 9.96. The zero-order chi connectivity index (χ0) is 20.1. The molecule has 3 heterocycles. The molecular weight excluding hydrogens is 374 g/mol. The molecule has 4 rings (SSSR count). The van der Waals surface area contributed by atoms with Gasteiger partial charge in [0.1, 0.15) is 0 Å². The van der Waals surface area contributed by atoms with Gasteiger partial charge in [0.25, 0.3) is 0 Å². The molecule has 0 spiro atoms. The van der Waals surface area contributed by atoms with Crippen molar-refractivity contribution in [3.05, 3.63) is 36.8 Å². The van der Waals surface area contributed by atoms with E-state index in [9.17, 15) is 9.59 Å². The van der Waals surface area contributed by atoms with Crippen LogP contribution in [0.15, 0.2) is 36.8 Å². The summed E-state index contributed by atoms with van der Waals surface area (Å²) < 4.78 is 11.3. The van der Waals surface area contributed by atoms with Gasteiger partial charge in [0.2, 0.25) is 5.91 Å². The molecule has 2 aromatic rings. The topological polar surface area (TPSA) is 106 Å². The van der Waals surface area contributed by atoms with Crippen molar-refractivity contribution in [3.8, 4) is 11.5 Å². The minimum atomic E-state index is -0.188. The van der Waals surface area contributed by atoms with Gasteiger partial charge >= 0.3 is 6.03 Å². The molecule has 2 aliphatic heterocycles. The number of hydrogen-bond acceptors (Lipinski definition) is 6. The quantitative estimate of drug-likeness (QED) is 0.824. The lowest BCUT2D eigenvalue weighted by Crippen LogP contribution is -2.43. The van der Waals surface area contributed by atoms with Crippen molar-refractivity contribution in [2.24, 2.45) is 5.92 Å². The maximum Gasteiger partial charge on any atom is 0.321 e. The molecule has 0 bridgehead atoms. The van der Waals surface area contributed by atoms with E-state index in [-0.39, 0.29) is 17.9 Å². The Kier molecular flexibility index (Phi) is 5.73. The Balaban J connectivity index is 1.29. The van der Waals surface area contributed by atoms with Crippen LogP contribution in [0, 0.1) is 5.92 Å². The molecule has 3 amide bonds. The van der Waals surface area contributed by atoms with Gasteiger partial charge in [-0.1, -0.05) is 0 Å². The largest absolute Gasteiger partial charge is 0.490 e. The number of fused-ring (bicyclic) bond motifs is 1. The first kappa shape index (κ1) is 19.0. The summed E-state index contributed by atoms with van der Waals surface area (Å²) in [6.07, 6.45) is 6.62. The normalized spacial score (nSPS) is 16.6. The van der Waals surface area contributed by atoms with Crippen LogP contribution in [-0.2, 0) is 4.79 Å². The maximum atomic E-state index is 12.6. The van der Waals surface area contributed by atoms with Gasteiger partial charge in [0.15, 0.2) is 17.3 Å². The first-order valence-electron chi connectivity index (χ1n) is 9.71. The standard InChI is InChI=1S/C20H23N5O4/c26-19(24-18-13-21-6-7-22-18)14-4-8-25(9-5-14)20(27)23-15-2-3-16-17(12-15)29-11-1-10-28-16/h2-3,6-7,12-14H,1,4-5,8-11H2,(H,23,27)(H,22,24,26). The minimum absolute atomic E-state index is 0.0894. The molecule has 1 aromatic heterocycles. The smallest absolute Gasteiger partial charge is 0.321 e. The van der Waals surface area contributed by atoms with Gasteiger partial charge in [-0.3, -0.25) is 9.78 Å². The number of anilines is 2. The number of carbonyl (C=O) groups excluding carboxylic acids is 2. The zero-order valence-electron chi connectivity index (χ0n) is 16.0. The molecule has 29 heavy (non-hydrogen) atoms. The zero-order valence-corrected chi connectivity index (χ0v) is 16.0. The number of hydrogen-bond donors (Lipinski definition) is 2. The predicted molar refractivity (Wildman–Crippen MR) is 106 cm³/mol. The van der Waals surface area contributed by atoms with Gasteiger partial charge < -0.3 is 25.0 Å². The molecular formula is C20H23N5O4. The van der Waals surface area contributed by atoms with Crippen LogP contribution in [0.25, 0.3) is 0 Å². The highest BCUT2D eigenvalue weighted by molar-refractivity contribution is 5.92. The van der Waals surface area contributed by atoms with Gasteiger partial charge in [-0.2, -0.15) is 0 Å². The Hall–Kier alpha value is -3.36. The van der Waals surface area contributed by atoms with Crippen molar-refractivity contribution >= 4 is 23.4 Å². The summed E-state index contributed by atoms with van der Waals surface area (Å²) in [7, 11) is 0. The van der Waals surface area contributed by atoms with E-state index < -0.39 is 0 Å². The monoisotopic (exact) mass is 397 g/mol. The summed E-state index contributed by atoms with van der Waals surface area (Å²) in [6.45, 7) is 2.23. The van der Waals surface area contributed by atoms with Crippen LogP contribution in [0.1, 0.15) is 19.3 Å². The average Bonchev–Trinajstić information content (AvgIpc) is 2.99. The third kappa shape index (κ3) is 4.74. The number of nitrogens with zero attached hydrogens (tertiary/aromatic N) is 3. The van der Waals surface area contributed by atoms with E-state index in [1.54, 1.807) is 29.3 Å². The fourth-order valence-electron chi connectivity index (χ4n) is 3.38. The SMILES string of the molecule is O=C(Nc1cnccn1)C1CCN(C(=O)Nc2ccc3c(c2)OCCCO3)CC1. The third-order valence-corrected chi connectivity index (χ3v) is 4.97. The molecule has 0 atom stereocenters. The van der Waals surface area contributed by atoms with Crippen molar-refractivity contribution in [2.75, 3.05) is 36.9 Å². The molecule has 9 heteroatoms. The fraction of sp³-hybridized carbons (Fsp3) is 0.400. The predicted octanol–water partition coefficient (Wildman–Crippen LogP) is 2.52. The second-order valence-corrected chi connectivity index (χ2v) is 6.98. The van der Waals surface area contributed by atoms with E-state index in [4.69, 9.17) is 9.47 Å². The van der Waals surface area contributed by atoms with Crippen LogP contribution in [-0.4, -0.2) is 53.1 Å². The highest BCUT2D eigenvalue weighted by Crippen LogP contribution is 2.32. The molecule has 9 nitrogen and oxygen atoms in total. The second kappa shape index (κ2) is 8.76. The van der Waals surface area contributed by atoms with Crippen molar-refractivity contribution in [3.63, 3.8) is 0 Å². The molecule has 1 saturated heterocycles. The number of benzene rings is 1. The Morgan fingerprint density at radius 2 is 1.83 bits per heavy atom. The van der Waals surface area contributed by atoms with Crippen molar-refractivity contribution < 1.29 is 19.1 Å². The number of carbonyl (C=O) groups is 2. The van der Waals surface area contributed by atoms with Gasteiger partial charge in [-0.25, -0.2) is 9.78 Å². The van der Waals surface area contributed by atoms with Crippen LogP contribution < -0.4 is 20.1 Å². The number of urea groups is 1. The van der Waals surface area contributed by atoms with E-state index in [1.807, 2.05) is 0 Å². The van der Waals surface area contributed by atoms with E-state index >= 15 is 0 Å². The van der Waals surface area contributed by atoms with Gasteiger partial charge in [-0.15, -0.1) is 0 Å². The molecule has 0 saturated carbocycles. The van der Waals surface area contributed by atoms with Gasteiger partial charge in [0, 0.05) is 49.6 Å². The van der Waals surface area contributed by atoms with Crippen molar-refractivity contribution in [2.45, 2.75) is 19.3 Å². The number of piperidine rings is 1. The van der Waals surface area contributed by atoms with Crippen molar-refractivity contribution in [1.29, 1.82) is 0 Å². The maximum absolute atomic E-state index is 12.6. The van der Waals surface area contributed by atoms with Crippen LogP contribution in [0.4, 0.5) is 16.3 Å². The highest BCUT2D eigenvalue weighted by Gasteiger charge is 2.27. The third-order valence-electron chi connectivity index (χ3n) is 4.97. The first-order chi connectivity index (χ1) is 14.2. The summed E-state index contributed by atoms with van der Waals surface area (Å²) in [5.41, 5.74) is 0.654. The molecule has 2 N–H and O–H groups in total. The summed E-state index contributed by atoms with van der Waals surface area (Å²) in [6, 6.07) is 5.19. The lowest BCUT2D eigenvalue weighted by Gasteiger charge is -2.31. The summed E-state index contributed by atoms with van der Waals surface area (Å²) >= 11 is 0. The Morgan fingerprint density at radius 3 is 2.59 bits per heavy atom. The number of rotatable bonds is 3. The van der Waals surface area contributed by atoms with Crippen LogP contribution in [0.2, 0.25) is 0 Å². The Morgan fingerprint density at radius 1 is 1.03 bits per heavy atom. The average molecular weight is 397 g/mol. The van der Waals surface area contributed by atoms with E-state index in [1.165, 1.54) is 12.4 Å². The van der Waals surface area contributed by atoms with Crippen LogP contribution in [0.3, 0.4) is 0 Å². The number of ether oxygens (including phenoxy) is 2. The highest BCUT2D eigenvalue weighted by atomic mass is 16.5. The summed E-state index contributed by atoms with van der Waals surface area (Å²) in [5, 5.41) is 5.67. The Bertz CT molecular complexity index is 868. The molecule has 0 unspecified atom stereocenters. The minimum Gasteiger partial charge on any atom is -0.490 e. The van der Waals surface area contributed by atoms with Gasteiger partial charge in [-0.05, 0) is 25.0 Å². The van der Waals surface area contributed by atoms with Crippen molar-refractivity contribution in [1.82, 2.24) is 14.9 Å². The number of nitrogens with one attached hydrogen (secondary N) is 2. The molecule has 0 radical (unpaired) electrons. The molecule has 0 aliphatic carbocycles. The Labute approximate surface area is 168 Å². The van der Waals surface area contributed by atoms with E-state index in [0.717, 1.165) is 6.42 Å². The summed E-state index contributed by atoms with van der Waals surface area (Å²) in [5.74, 6) is 1.52. The van der Waals surface area contributed by atoms with Gasteiger partial charge in [0.05, 0.1) is 19.4 Å². The number of likely N-dealkylation sites (tertiary alicyclic amines) is 1. The van der Waals surface area contributed by atoms with Crippen LogP contribution >= 0.6 is 0 Å². The fourth-order valence-corrected chi connectivity index (χ4v) is 3.38. The number of aromatic nitrogens is 2. The molecule has 2 aliphatic rings. The van der Waals surface area contributed by atoms with Crippen LogP contribution in [0.5, 0.6) is 11.5 Å². The molecule has 152 valence electrons. The first-order valence-corrected chi connectivity index (χ1v) is 9.71. The second-order valence-electron chi connectivity index (χ2n) is 6.98. The van der Waals surface area contributed by atoms with E-state index in [2.05, 4.69) is 20.6 Å².